The lowest BCUT2D eigenvalue weighted by atomic mass is 9.92. The summed E-state index contributed by atoms with van der Waals surface area (Å²) in [7, 11) is 0. The van der Waals surface area contributed by atoms with Crippen LogP contribution in [0, 0.1) is 11.8 Å². The van der Waals surface area contributed by atoms with E-state index in [0.29, 0.717) is 5.92 Å². The Hall–Kier alpha value is -0.770. The Bertz CT molecular complexity index is 271. The molecule has 0 aromatic rings. The van der Waals surface area contributed by atoms with Crippen LogP contribution in [-0.4, -0.2) is 30.9 Å². The molecule has 3 atom stereocenters. The van der Waals surface area contributed by atoms with Gasteiger partial charge in [0.1, 0.15) is 5.60 Å². The predicted molar refractivity (Wildman–Crippen MR) is 64.8 cm³/mol. The lowest BCUT2D eigenvalue weighted by Gasteiger charge is -2.24. The van der Waals surface area contributed by atoms with Crippen LogP contribution >= 0.6 is 0 Å². The van der Waals surface area contributed by atoms with Crippen molar-refractivity contribution in [2.24, 2.45) is 11.8 Å². The molecule has 4 nitrogen and oxygen atoms in total. The molecule has 1 N–H and O–H groups in total. The lowest BCUT2D eigenvalue weighted by molar-refractivity contribution is 0.0300. The molecule has 0 aromatic carbocycles. The smallest absolute Gasteiger partial charge is 0.407 e. The van der Waals surface area contributed by atoms with Crippen LogP contribution in [0.3, 0.4) is 0 Å². The number of hydrogen-bond donors (Lipinski definition) is 1. The summed E-state index contributed by atoms with van der Waals surface area (Å²) in [5.74, 6) is 1.35. The van der Waals surface area contributed by atoms with Crippen molar-refractivity contribution in [1.82, 2.24) is 5.32 Å². The molecular weight excluding hydrogens is 218 g/mol. The minimum atomic E-state index is -0.418. The zero-order valence-electron chi connectivity index (χ0n) is 11.0. The van der Waals surface area contributed by atoms with Crippen LogP contribution in [0.5, 0.6) is 0 Å². The second kappa shape index (κ2) is 4.84. The van der Waals surface area contributed by atoms with Gasteiger partial charge in [-0.25, -0.2) is 4.79 Å². The standard InChI is InChI=1S/C13H23NO3/c1-13(2,3)17-12(15)14-11-6-9-4-5-16-8-10(9)7-11/h9-11H,4-8H2,1-3H3,(H,14,15)/t9-,10+,11?/m1/s1. The van der Waals surface area contributed by atoms with Gasteiger partial charge in [0.05, 0.1) is 0 Å². The fourth-order valence-corrected chi connectivity index (χ4v) is 2.83. The van der Waals surface area contributed by atoms with Crippen molar-refractivity contribution < 1.29 is 14.3 Å². The highest BCUT2D eigenvalue weighted by Gasteiger charge is 2.37. The molecule has 4 heteroatoms. The summed E-state index contributed by atoms with van der Waals surface area (Å²) in [6, 6.07) is 0.265. The molecule has 2 rings (SSSR count). The Morgan fingerprint density at radius 2 is 2.00 bits per heavy atom. The van der Waals surface area contributed by atoms with Crippen molar-refractivity contribution >= 4 is 6.09 Å². The van der Waals surface area contributed by atoms with Gasteiger partial charge in [-0.3, -0.25) is 0 Å². The molecular formula is C13H23NO3. The van der Waals surface area contributed by atoms with Crippen LogP contribution in [0.2, 0.25) is 0 Å². The molecule has 17 heavy (non-hydrogen) atoms. The zero-order valence-corrected chi connectivity index (χ0v) is 11.0. The highest BCUT2D eigenvalue weighted by molar-refractivity contribution is 5.68. The van der Waals surface area contributed by atoms with Gasteiger partial charge in [0.25, 0.3) is 0 Å². The van der Waals surface area contributed by atoms with Crippen molar-refractivity contribution in [3.8, 4) is 0 Å². The van der Waals surface area contributed by atoms with E-state index in [9.17, 15) is 4.79 Å². The minimum Gasteiger partial charge on any atom is -0.444 e. The number of rotatable bonds is 1. The number of alkyl carbamates (subject to hydrolysis) is 1. The maximum atomic E-state index is 11.7. The van der Waals surface area contributed by atoms with Crippen LogP contribution in [0.1, 0.15) is 40.0 Å². The van der Waals surface area contributed by atoms with Gasteiger partial charge in [-0.2, -0.15) is 0 Å². The summed E-state index contributed by atoms with van der Waals surface area (Å²) >= 11 is 0. The predicted octanol–water partition coefficient (Wildman–Crippen LogP) is 2.33. The number of nitrogens with one attached hydrogen (secondary N) is 1. The molecule has 1 saturated carbocycles. The minimum absolute atomic E-state index is 0.265. The maximum Gasteiger partial charge on any atom is 0.407 e. The number of hydrogen-bond acceptors (Lipinski definition) is 3. The van der Waals surface area contributed by atoms with Gasteiger partial charge >= 0.3 is 6.09 Å². The van der Waals surface area contributed by atoms with Gasteiger partial charge in [-0.15, -0.1) is 0 Å². The van der Waals surface area contributed by atoms with Crippen LogP contribution in [0.15, 0.2) is 0 Å². The molecule has 0 aromatic heterocycles. The summed E-state index contributed by atoms with van der Waals surface area (Å²) in [5, 5.41) is 2.98. The van der Waals surface area contributed by atoms with Crippen molar-refractivity contribution in [2.45, 2.75) is 51.7 Å². The van der Waals surface area contributed by atoms with Crippen molar-refractivity contribution in [3.63, 3.8) is 0 Å². The summed E-state index contributed by atoms with van der Waals surface area (Å²) in [6.07, 6.45) is 2.95. The molecule has 1 amide bonds. The fourth-order valence-electron chi connectivity index (χ4n) is 2.83. The first-order chi connectivity index (χ1) is 7.94. The number of carbonyl (C=O) groups is 1. The first-order valence-corrected chi connectivity index (χ1v) is 6.51. The normalized spacial score (nSPS) is 33.0. The van der Waals surface area contributed by atoms with Crippen LogP contribution in [-0.2, 0) is 9.47 Å². The molecule has 1 aliphatic heterocycles. The Labute approximate surface area is 103 Å². The third-order valence-corrected chi connectivity index (χ3v) is 3.53. The second-order valence-electron chi connectivity index (χ2n) is 6.20. The molecule has 0 bridgehead atoms. The highest BCUT2D eigenvalue weighted by atomic mass is 16.6. The molecule has 2 fully saturated rings. The van der Waals surface area contributed by atoms with Crippen molar-refractivity contribution in [3.05, 3.63) is 0 Å². The number of ether oxygens (including phenoxy) is 2. The average molecular weight is 241 g/mol. The molecule has 1 aliphatic carbocycles. The summed E-state index contributed by atoms with van der Waals surface area (Å²) in [6.45, 7) is 7.38. The molecule has 98 valence electrons. The molecule has 1 heterocycles. The Balaban J connectivity index is 1.79. The maximum absolute atomic E-state index is 11.7. The van der Waals surface area contributed by atoms with Crippen LogP contribution in [0.25, 0.3) is 0 Å². The summed E-state index contributed by atoms with van der Waals surface area (Å²) in [5.41, 5.74) is -0.418. The quantitative estimate of drug-likeness (QED) is 0.766. The number of amides is 1. The number of carbonyl (C=O) groups excluding carboxylic acids is 1. The average Bonchev–Trinajstić information content (AvgIpc) is 2.55. The lowest BCUT2D eigenvalue weighted by Crippen LogP contribution is -2.38. The topological polar surface area (TPSA) is 47.6 Å². The zero-order chi connectivity index (χ0) is 12.5. The Morgan fingerprint density at radius 1 is 1.29 bits per heavy atom. The third kappa shape index (κ3) is 3.60. The van der Waals surface area contributed by atoms with E-state index >= 15 is 0 Å². The monoisotopic (exact) mass is 241 g/mol. The molecule has 0 spiro atoms. The van der Waals surface area contributed by atoms with E-state index in [-0.39, 0.29) is 12.1 Å². The van der Waals surface area contributed by atoms with Crippen LogP contribution in [0.4, 0.5) is 4.79 Å². The van der Waals surface area contributed by atoms with E-state index in [4.69, 9.17) is 9.47 Å². The third-order valence-electron chi connectivity index (χ3n) is 3.53. The molecule has 2 aliphatic rings. The van der Waals surface area contributed by atoms with Gasteiger partial charge < -0.3 is 14.8 Å². The van der Waals surface area contributed by atoms with E-state index in [2.05, 4.69) is 5.32 Å². The first kappa shape index (κ1) is 12.7. The summed E-state index contributed by atoms with van der Waals surface area (Å²) in [4.78, 5) is 11.7. The van der Waals surface area contributed by atoms with Gasteiger partial charge in [-0.05, 0) is 51.9 Å². The summed E-state index contributed by atoms with van der Waals surface area (Å²) < 4.78 is 10.7. The van der Waals surface area contributed by atoms with Gasteiger partial charge in [0.15, 0.2) is 0 Å². The van der Waals surface area contributed by atoms with Gasteiger partial charge in [0, 0.05) is 19.3 Å². The van der Waals surface area contributed by atoms with E-state index in [1.807, 2.05) is 20.8 Å². The molecule has 0 radical (unpaired) electrons. The van der Waals surface area contributed by atoms with Gasteiger partial charge in [0.2, 0.25) is 0 Å². The van der Waals surface area contributed by atoms with E-state index in [1.165, 1.54) is 0 Å². The first-order valence-electron chi connectivity index (χ1n) is 6.51. The molecule has 1 saturated heterocycles. The fraction of sp³-hybridized carbons (Fsp3) is 0.923. The number of fused-ring (bicyclic) bond motifs is 1. The largest absolute Gasteiger partial charge is 0.444 e. The molecule has 1 unspecified atom stereocenters. The SMILES string of the molecule is CC(C)(C)OC(=O)NC1C[C@H]2CCOC[C@@H]2C1. The van der Waals surface area contributed by atoms with E-state index in [1.54, 1.807) is 0 Å². The van der Waals surface area contributed by atoms with Gasteiger partial charge in [-0.1, -0.05) is 0 Å². The van der Waals surface area contributed by atoms with Crippen molar-refractivity contribution in [2.75, 3.05) is 13.2 Å². The van der Waals surface area contributed by atoms with E-state index < -0.39 is 5.60 Å². The van der Waals surface area contributed by atoms with Crippen molar-refractivity contribution in [1.29, 1.82) is 0 Å². The highest BCUT2D eigenvalue weighted by Crippen LogP contribution is 2.37. The van der Waals surface area contributed by atoms with Crippen LogP contribution < -0.4 is 5.32 Å². The second-order valence-corrected chi connectivity index (χ2v) is 6.20. The Kier molecular flexibility index (Phi) is 3.61. The Morgan fingerprint density at radius 3 is 2.65 bits per heavy atom. The van der Waals surface area contributed by atoms with E-state index in [0.717, 1.165) is 38.4 Å².